The molecule has 1 saturated heterocycles. The van der Waals surface area contributed by atoms with E-state index in [2.05, 4.69) is 29.6 Å². The summed E-state index contributed by atoms with van der Waals surface area (Å²) in [5.74, 6) is 0.868. The molecule has 1 amide bonds. The van der Waals surface area contributed by atoms with Crippen molar-refractivity contribution in [3.63, 3.8) is 0 Å². The number of carbonyl (C=O) groups excluding carboxylic acids is 1. The fraction of sp³-hybridized carbons (Fsp3) is 0.500. The van der Waals surface area contributed by atoms with Gasteiger partial charge in [-0.05, 0) is 68.4 Å². The molecule has 2 aromatic carbocycles. The van der Waals surface area contributed by atoms with Crippen LogP contribution in [0.4, 0.5) is 5.69 Å². The van der Waals surface area contributed by atoms with Crippen LogP contribution in [0.15, 0.2) is 53.4 Å². The standard InChI is InChI=1S/C26H33N3O5S/c1-19-7-12-24(29(31)32)17-25(19)35(33,34)28-15-13-23(14-16-28)26(30)27-18-20-8-10-22(11-9-20)21-5-3-2-4-6-21/h2-7,12,17,20,22-23H,8-11,13-16,18H2,1H3,(H,27,30). The Bertz CT molecular complexity index is 1150. The Hall–Kier alpha value is -2.78. The lowest BCUT2D eigenvalue weighted by Crippen LogP contribution is -2.44. The van der Waals surface area contributed by atoms with E-state index < -0.39 is 14.9 Å². The maximum Gasteiger partial charge on any atom is 0.270 e. The number of sulfonamides is 1. The van der Waals surface area contributed by atoms with Crippen molar-refractivity contribution in [2.75, 3.05) is 19.6 Å². The molecule has 0 atom stereocenters. The summed E-state index contributed by atoms with van der Waals surface area (Å²) in [6.45, 7) is 2.76. The van der Waals surface area contributed by atoms with Crippen LogP contribution in [-0.2, 0) is 14.8 Å². The van der Waals surface area contributed by atoms with Gasteiger partial charge in [-0.1, -0.05) is 36.4 Å². The van der Waals surface area contributed by atoms with Crippen LogP contribution in [0.3, 0.4) is 0 Å². The van der Waals surface area contributed by atoms with Gasteiger partial charge in [-0.3, -0.25) is 14.9 Å². The average molecular weight is 500 g/mol. The van der Waals surface area contributed by atoms with E-state index in [0.29, 0.717) is 36.8 Å². The van der Waals surface area contributed by atoms with E-state index in [4.69, 9.17) is 0 Å². The molecule has 0 aromatic heterocycles. The summed E-state index contributed by atoms with van der Waals surface area (Å²) in [4.78, 5) is 23.2. The van der Waals surface area contributed by atoms with Crippen LogP contribution in [0.1, 0.15) is 55.6 Å². The number of nitrogens with one attached hydrogen (secondary N) is 1. The summed E-state index contributed by atoms with van der Waals surface area (Å²) in [6.07, 6.45) is 5.35. The largest absolute Gasteiger partial charge is 0.356 e. The number of aryl methyl sites for hydroxylation is 1. The molecule has 8 nitrogen and oxygen atoms in total. The van der Waals surface area contributed by atoms with Crippen molar-refractivity contribution >= 4 is 21.6 Å². The molecule has 0 radical (unpaired) electrons. The van der Waals surface area contributed by atoms with Crippen LogP contribution in [0.25, 0.3) is 0 Å². The highest BCUT2D eigenvalue weighted by Gasteiger charge is 2.34. The Morgan fingerprint density at radius 2 is 1.69 bits per heavy atom. The van der Waals surface area contributed by atoms with E-state index in [9.17, 15) is 23.3 Å². The third kappa shape index (κ3) is 5.90. The Labute approximate surface area is 206 Å². The third-order valence-electron chi connectivity index (χ3n) is 7.51. The lowest BCUT2D eigenvalue weighted by Gasteiger charge is -2.32. The molecule has 2 aliphatic rings. The summed E-state index contributed by atoms with van der Waals surface area (Å²) >= 11 is 0. The van der Waals surface area contributed by atoms with E-state index in [-0.39, 0.29) is 35.5 Å². The molecule has 2 fully saturated rings. The fourth-order valence-electron chi connectivity index (χ4n) is 5.29. The van der Waals surface area contributed by atoms with Gasteiger partial charge >= 0.3 is 0 Å². The van der Waals surface area contributed by atoms with Crippen LogP contribution in [0, 0.1) is 28.9 Å². The molecule has 2 aromatic rings. The van der Waals surface area contributed by atoms with Gasteiger partial charge in [-0.15, -0.1) is 0 Å². The van der Waals surface area contributed by atoms with Crippen molar-refractivity contribution in [2.45, 2.75) is 56.3 Å². The van der Waals surface area contributed by atoms with Gasteiger partial charge in [0.2, 0.25) is 15.9 Å². The molecule has 1 heterocycles. The number of nitro benzene ring substituents is 1. The molecule has 1 aliphatic heterocycles. The Morgan fingerprint density at radius 3 is 2.31 bits per heavy atom. The Balaban J connectivity index is 1.26. The number of benzene rings is 2. The van der Waals surface area contributed by atoms with Gasteiger partial charge in [0.1, 0.15) is 0 Å². The van der Waals surface area contributed by atoms with Crippen molar-refractivity contribution in [3.8, 4) is 0 Å². The number of nitro groups is 1. The first kappa shape index (κ1) is 25.3. The lowest BCUT2D eigenvalue weighted by atomic mass is 9.78. The van der Waals surface area contributed by atoms with Crippen molar-refractivity contribution in [2.24, 2.45) is 11.8 Å². The second kappa shape index (κ2) is 10.9. The summed E-state index contributed by atoms with van der Waals surface area (Å²) in [6, 6.07) is 14.5. The zero-order valence-electron chi connectivity index (χ0n) is 20.1. The molecule has 0 spiro atoms. The minimum Gasteiger partial charge on any atom is -0.356 e. The summed E-state index contributed by atoms with van der Waals surface area (Å²) < 4.78 is 27.6. The van der Waals surface area contributed by atoms with E-state index in [1.165, 1.54) is 22.0 Å². The molecule has 1 aliphatic carbocycles. The highest BCUT2D eigenvalue weighted by atomic mass is 32.2. The first-order valence-corrected chi connectivity index (χ1v) is 13.8. The van der Waals surface area contributed by atoms with E-state index in [1.807, 2.05) is 6.07 Å². The average Bonchev–Trinajstić information content (AvgIpc) is 2.88. The van der Waals surface area contributed by atoms with Crippen molar-refractivity contribution in [1.29, 1.82) is 0 Å². The number of rotatable bonds is 7. The highest BCUT2D eigenvalue weighted by molar-refractivity contribution is 7.89. The molecule has 9 heteroatoms. The molecule has 1 saturated carbocycles. The molecule has 0 unspecified atom stereocenters. The summed E-state index contributed by atoms with van der Waals surface area (Å²) in [5.41, 5.74) is 1.62. The van der Waals surface area contributed by atoms with Gasteiger partial charge in [-0.25, -0.2) is 8.42 Å². The number of non-ortho nitro benzene ring substituents is 1. The van der Waals surface area contributed by atoms with Crippen molar-refractivity contribution in [1.82, 2.24) is 9.62 Å². The minimum atomic E-state index is -3.86. The van der Waals surface area contributed by atoms with Crippen molar-refractivity contribution in [3.05, 3.63) is 69.8 Å². The normalized spacial score (nSPS) is 22.0. The topological polar surface area (TPSA) is 110 Å². The Kier molecular flexibility index (Phi) is 7.86. The molecule has 35 heavy (non-hydrogen) atoms. The van der Waals surface area contributed by atoms with Crippen LogP contribution in [-0.4, -0.2) is 43.2 Å². The predicted octanol–water partition coefficient (Wildman–Crippen LogP) is 4.39. The molecule has 1 N–H and O–H groups in total. The zero-order valence-corrected chi connectivity index (χ0v) is 20.9. The van der Waals surface area contributed by atoms with Gasteiger partial charge in [0.05, 0.1) is 9.82 Å². The molecular formula is C26H33N3O5S. The van der Waals surface area contributed by atoms with E-state index in [1.54, 1.807) is 6.92 Å². The van der Waals surface area contributed by atoms with Gasteiger partial charge in [-0.2, -0.15) is 4.31 Å². The first-order chi connectivity index (χ1) is 16.8. The number of hydrogen-bond donors (Lipinski definition) is 1. The monoisotopic (exact) mass is 499 g/mol. The molecule has 0 bridgehead atoms. The van der Waals surface area contributed by atoms with Gasteiger partial charge in [0.15, 0.2) is 0 Å². The highest BCUT2D eigenvalue weighted by Crippen LogP contribution is 2.35. The van der Waals surface area contributed by atoms with Crippen LogP contribution in [0.2, 0.25) is 0 Å². The van der Waals surface area contributed by atoms with E-state index >= 15 is 0 Å². The first-order valence-electron chi connectivity index (χ1n) is 12.3. The molecule has 188 valence electrons. The predicted molar refractivity (Wildman–Crippen MR) is 133 cm³/mol. The number of nitrogens with zero attached hydrogens (tertiary/aromatic N) is 2. The third-order valence-corrected chi connectivity index (χ3v) is 9.55. The van der Waals surface area contributed by atoms with Crippen LogP contribution < -0.4 is 5.32 Å². The molecule has 4 rings (SSSR count). The van der Waals surface area contributed by atoms with Crippen LogP contribution >= 0.6 is 0 Å². The summed E-state index contributed by atoms with van der Waals surface area (Å²) in [5, 5.41) is 14.2. The smallest absolute Gasteiger partial charge is 0.270 e. The second-order valence-electron chi connectivity index (χ2n) is 9.76. The fourth-order valence-corrected chi connectivity index (χ4v) is 7.01. The SMILES string of the molecule is Cc1ccc([N+](=O)[O-])cc1S(=O)(=O)N1CCC(C(=O)NCC2CCC(c3ccccc3)CC2)CC1. The Morgan fingerprint density at radius 1 is 1.03 bits per heavy atom. The zero-order chi connectivity index (χ0) is 25.0. The number of carbonyl (C=O) groups is 1. The minimum absolute atomic E-state index is 0.00115. The number of piperidine rings is 1. The number of amides is 1. The van der Waals surface area contributed by atoms with Crippen molar-refractivity contribution < 1.29 is 18.1 Å². The summed E-state index contributed by atoms with van der Waals surface area (Å²) in [7, 11) is -3.86. The van der Waals surface area contributed by atoms with E-state index in [0.717, 1.165) is 31.7 Å². The van der Waals surface area contributed by atoms with Gasteiger partial charge < -0.3 is 5.32 Å². The quantitative estimate of drug-likeness (QED) is 0.449. The lowest BCUT2D eigenvalue weighted by molar-refractivity contribution is -0.385. The maximum absolute atomic E-state index is 13.1. The van der Waals surface area contributed by atoms with Gasteiger partial charge in [0.25, 0.3) is 5.69 Å². The molecular weight excluding hydrogens is 466 g/mol. The number of hydrogen-bond acceptors (Lipinski definition) is 5. The maximum atomic E-state index is 13.1. The second-order valence-corrected chi connectivity index (χ2v) is 11.7. The van der Waals surface area contributed by atoms with Crippen LogP contribution in [0.5, 0.6) is 0 Å². The van der Waals surface area contributed by atoms with Gasteiger partial charge in [0, 0.05) is 37.7 Å².